The van der Waals surface area contributed by atoms with Crippen molar-refractivity contribution < 1.29 is 0 Å². The van der Waals surface area contributed by atoms with Crippen LogP contribution in [0.3, 0.4) is 0 Å². The molecule has 0 atom stereocenters. The first kappa shape index (κ1) is 14.1. The first-order valence-electron chi connectivity index (χ1n) is 8.32. The highest BCUT2D eigenvalue weighted by Gasteiger charge is 2.17. The van der Waals surface area contributed by atoms with Gasteiger partial charge < -0.3 is 10.2 Å². The Hall–Kier alpha value is -0.860. The zero-order valence-corrected chi connectivity index (χ0v) is 12.8. The van der Waals surface area contributed by atoms with Gasteiger partial charge in [0.2, 0.25) is 0 Å². The summed E-state index contributed by atoms with van der Waals surface area (Å²) in [7, 11) is 2.30. The van der Waals surface area contributed by atoms with Crippen LogP contribution < -0.4 is 5.32 Å². The fourth-order valence-electron chi connectivity index (χ4n) is 3.92. The van der Waals surface area contributed by atoms with Crippen molar-refractivity contribution in [1.82, 2.24) is 10.2 Å². The molecule has 2 nitrogen and oxygen atoms in total. The Labute approximate surface area is 123 Å². The number of fused-ring (bicyclic) bond motifs is 1. The molecule has 0 spiro atoms. The Kier molecular flexibility index (Phi) is 4.74. The first-order chi connectivity index (χ1) is 9.83. The number of nitrogens with zero attached hydrogens (tertiary/aromatic N) is 1. The standard InChI is InChI=1S/C18H28N2/c1-20(13-15-6-3-2-4-7-15)14-17-9-5-8-16-12-19-11-10-18(16)17/h5,8-9,15,19H,2-4,6-7,10-14H2,1H3. The van der Waals surface area contributed by atoms with Crippen LogP contribution in [0.15, 0.2) is 18.2 Å². The Morgan fingerprint density at radius 3 is 2.90 bits per heavy atom. The van der Waals surface area contributed by atoms with Crippen LogP contribution in [0, 0.1) is 5.92 Å². The molecule has 3 rings (SSSR count). The minimum atomic E-state index is 0.940. The summed E-state index contributed by atoms with van der Waals surface area (Å²) in [5.41, 5.74) is 4.68. The maximum atomic E-state index is 3.47. The number of benzene rings is 1. The summed E-state index contributed by atoms with van der Waals surface area (Å²) in [5.74, 6) is 0.940. The molecule has 110 valence electrons. The lowest BCUT2D eigenvalue weighted by Gasteiger charge is -2.28. The average Bonchev–Trinajstić information content (AvgIpc) is 2.48. The number of rotatable bonds is 4. The molecule has 0 saturated heterocycles. The predicted molar refractivity (Wildman–Crippen MR) is 84.8 cm³/mol. The Morgan fingerprint density at radius 2 is 2.05 bits per heavy atom. The molecule has 2 heteroatoms. The van der Waals surface area contributed by atoms with Crippen molar-refractivity contribution in [3.63, 3.8) is 0 Å². The summed E-state index contributed by atoms with van der Waals surface area (Å²) in [4.78, 5) is 2.55. The van der Waals surface area contributed by atoms with Gasteiger partial charge in [0, 0.05) is 19.6 Å². The van der Waals surface area contributed by atoms with Gasteiger partial charge in [-0.05, 0) is 55.5 Å². The van der Waals surface area contributed by atoms with Crippen molar-refractivity contribution in [2.24, 2.45) is 5.92 Å². The van der Waals surface area contributed by atoms with E-state index in [0.29, 0.717) is 0 Å². The minimum Gasteiger partial charge on any atom is -0.312 e. The van der Waals surface area contributed by atoms with E-state index in [0.717, 1.165) is 25.6 Å². The van der Waals surface area contributed by atoms with Gasteiger partial charge in [-0.2, -0.15) is 0 Å². The molecule has 1 fully saturated rings. The SMILES string of the molecule is CN(Cc1cccc2c1CCNC2)CC1CCCCC1. The molecular weight excluding hydrogens is 244 g/mol. The van der Waals surface area contributed by atoms with E-state index in [-0.39, 0.29) is 0 Å². The van der Waals surface area contributed by atoms with Crippen molar-refractivity contribution in [3.8, 4) is 0 Å². The van der Waals surface area contributed by atoms with Gasteiger partial charge >= 0.3 is 0 Å². The smallest absolute Gasteiger partial charge is 0.0233 e. The second kappa shape index (κ2) is 6.73. The lowest BCUT2D eigenvalue weighted by molar-refractivity contribution is 0.227. The van der Waals surface area contributed by atoms with Gasteiger partial charge in [-0.3, -0.25) is 0 Å². The molecule has 1 aromatic carbocycles. The molecular formula is C18H28N2. The van der Waals surface area contributed by atoms with Gasteiger partial charge in [0.1, 0.15) is 0 Å². The molecule has 1 N–H and O–H groups in total. The van der Waals surface area contributed by atoms with E-state index in [2.05, 4.69) is 35.5 Å². The maximum Gasteiger partial charge on any atom is 0.0233 e. The van der Waals surface area contributed by atoms with E-state index < -0.39 is 0 Å². The molecule has 1 aliphatic carbocycles. The highest BCUT2D eigenvalue weighted by molar-refractivity contribution is 5.36. The van der Waals surface area contributed by atoms with Gasteiger partial charge in [-0.25, -0.2) is 0 Å². The topological polar surface area (TPSA) is 15.3 Å². The monoisotopic (exact) mass is 272 g/mol. The summed E-state index contributed by atoms with van der Waals surface area (Å²) in [6.45, 7) is 4.59. The van der Waals surface area contributed by atoms with Crippen LogP contribution in [0.5, 0.6) is 0 Å². The third-order valence-electron chi connectivity index (χ3n) is 4.97. The molecule has 1 aromatic rings. The predicted octanol–water partition coefficient (Wildman–Crippen LogP) is 3.34. The van der Waals surface area contributed by atoms with Crippen molar-refractivity contribution in [3.05, 3.63) is 34.9 Å². The largest absolute Gasteiger partial charge is 0.312 e. The zero-order valence-electron chi connectivity index (χ0n) is 12.8. The number of nitrogens with one attached hydrogen (secondary N) is 1. The van der Waals surface area contributed by atoms with Gasteiger partial charge in [0.25, 0.3) is 0 Å². The van der Waals surface area contributed by atoms with E-state index >= 15 is 0 Å². The third-order valence-corrected chi connectivity index (χ3v) is 4.97. The molecule has 1 aliphatic heterocycles. The maximum absolute atomic E-state index is 3.47. The fourth-order valence-corrected chi connectivity index (χ4v) is 3.92. The van der Waals surface area contributed by atoms with Crippen molar-refractivity contribution in [2.75, 3.05) is 20.1 Å². The van der Waals surface area contributed by atoms with E-state index in [1.165, 1.54) is 50.6 Å². The molecule has 2 aliphatic rings. The molecule has 1 heterocycles. The quantitative estimate of drug-likeness (QED) is 0.904. The lowest BCUT2D eigenvalue weighted by Crippen LogP contribution is -2.29. The van der Waals surface area contributed by atoms with E-state index in [9.17, 15) is 0 Å². The van der Waals surface area contributed by atoms with Crippen LogP contribution >= 0.6 is 0 Å². The molecule has 0 bridgehead atoms. The Balaban J connectivity index is 1.62. The first-order valence-corrected chi connectivity index (χ1v) is 8.32. The molecule has 0 amide bonds. The highest BCUT2D eigenvalue weighted by Crippen LogP contribution is 2.25. The van der Waals surface area contributed by atoms with Crippen LogP contribution in [0.2, 0.25) is 0 Å². The van der Waals surface area contributed by atoms with Gasteiger partial charge in [-0.1, -0.05) is 37.5 Å². The van der Waals surface area contributed by atoms with Crippen LogP contribution in [-0.2, 0) is 19.5 Å². The number of hydrogen-bond acceptors (Lipinski definition) is 2. The average molecular weight is 272 g/mol. The highest BCUT2D eigenvalue weighted by atomic mass is 15.1. The van der Waals surface area contributed by atoms with Crippen LogP contribution in [0.1, 0.15) is 48.8 Å². The Morgan fingerprint density at radius 1 is 1.20 bits per heavy atom. The van der Waals surface area contributed by atoms with E-state index in [4.69, 9.17) is 0 Å². The van der Waals surface area contributed by atoms with E-state index in [1.807, 2.05) is 0 Å². The zero-order chi connectivity index (χ0) is 13.8. The fraction of sp³-hybridized carbons (Fsp3) is 0.667. The minimum absolute atomic E-state index is 0.940. The summed E-state index contributed by atoms with van der Waals surface area (Å²) in [5, 5.41) is 3.47. The Bertz CT molecular complexity index is 435. The second-order valence-corrected chi connectivity index (χ2v) is 6.68. The van der Waals surface area contributed by atoms with Crippen molar-refractivity contribution >= 4 is 0 Å². The lowest BCUT2D eigenvalue weighted by atomic mass is 9.89. The molecule has 20 heavy (non-hydrogen) atoms. The summed E-state index contributed by atoms with van der Waals surface area (Å²) < 4.78 is 0. The molecule has 0 aromatic heterocycles. The second-order valence-electron chi connectivity index (χ2n) is 6.68. The van der Waals surface area contributed by atoms with Crippen molar-refractivity contribution in [1.29, 1.82) is 0 Å². The van der Waals surface area contributed by atoms with Crippen LogP contribution in [0.25, 0.3) is 0 Å². The molecule has 0 radical (unpaired) electrons. The molecule has 1 saturated carbocycles. The van der Waals surface area contributed by atoms with Gasteiger partial charge in [-0.15, -0.1) is 0 Å². The molecule has 0 unspecified atom stereocenters. The van der Waals surface area contributed by atoms with E-state index in [1.54, 1.807) is 11.1 Å². The summed E-state index contributed by atoms with van der Waals surface area (Å²) in [6.07, 6.45) is 8.44. The summed E-state index contributed by atoms with van der Waals surface area (Å²) >= 11 is 0. The van der Waals surface area contributed by atoms with Crippen LogP contribution in [-0.4, -0.2) is 25.0 Å². The van der Waals surface area contributed by atoms with Crippen LogP contribution in [0.4, 0.5) is 0 Å². The van der Waals surface area contributed by atoms with Gasteiger partial charge in [0.15, 0.2) is 0 Å². The number of hydrogen-bond donors (Lipinski definition) is 1. The third kappa shape index (κ3) is 3.42. The summed E-state index contributed by atoms with van der Waals surface area (Å²) in [6, 6.07) is 6.85. The normalized spacial score (nSPS) is 20.1. The van der Waals surface area contributed by atoms with Crippen molar-refractivity contribution in [2.45, 2.75) is 51.6 Å². The van der Waals surface area contributed by atoms with Gasteiger partial charge in [0.05, 0.1) is 0 Å².